The summed E-state index contributed by atoms with van der Waals surface area (Å²) in [4.78, 5) is 12.0. The highest BCUT2D eigenvalue weighted by atomic mass is 32.2. The highest BCUT2D eigenvalue weighted by molar-refractivity contribution is 7.99. The maximum atomic E-state index is 12.0. The minimum atomic E-state index is -0.127. The van der Waals surface area contributed by atoms with E-state index in [1.165, 1.54) is 16.4 Å². The third-order valence-corrected chi connectivity index (χ3v) is 3.99. The molecule has 0 atom stereocenters. The number of carbonyl (C=O) groups is 1. The van der Waals surface area contributed by atoms with Crippen LogP contribution in [0.15, 0.2) is 29.4 Å². The Morgan fingerprint density at radius 2 is 2.04 bits per heavy atom. The van der Waals surface area contributed by atoms with Gasteiger partial charge in [0, 0.05) is 12.1 Å². The first kappa shape index (κ1) is 18.1. The zero-order chi connectivity index (χ0) is 17.5. The Bertz CT molecular complexity index is 670. The average molecular weight is 349 g/mol. The van der Waals surface area contributed by atoms with Crippen LogP contribution in [0.25, 0.3) is 0 Å². The van der Waals surface area contributed by atoms with Crippen LogP contribution in [-0.4, -0.2) is 32.6 Å². The van der Waals surface area contributed by atoms with E-state index in [0.29, 0.717) is 5.16 Å². The molecule has 0 saturated heterocycles. The molecule has 1 amide bonds. The molecule has 2 rings (SSSR count). The lowest BCUT2D eigenvalue weighted by Gasteiger charge is -2.10. The lowest BCUT2D eigenvalue weighted by atomic mass is 10.3. The van der Waals surface area contributed by atoms with E-state index in [0.717, 1.165) is 30.1 Å². The third-order valence-electron chi connectivity index (χ3n) is 3.05. The van der Waals surface area contributed by atoms with Crippen molar-refractivity contribution in [2.75, 3.05) is 16.9 Å². The molecule has 0 saturated carbocycles. The third kappa shape index (κ3) is 5.16. The van der Waals surface area contributed by atoms with Crippen LogP contribution in [0.1, 0.15) is 33.0 Å². The highest BCUT2D eigenvalue weighted by Gasteiger charge is 2.12. The van der Waals surface area contributed by atoms with E-state index in [9.17, 15) is 4.79 Å². The summed E-state index contributed by atoms with van der Waals surface area (Å²) in [5.74, 6) is 7.49. The van der Waals surface area contributed by atoms with Gasteiger partial charge in [0.25, 0.3) is 0 Å². The average Bonchev–Trinajstić information content (AvgIpc) is 2.88. The second-order valence-corrected chi connectivity index (χ2v) is 6.49. The van der Waals surface area contributed by atoms with Gasteiger partial charge in [0.1, 0.15) is 5.75 Å². The van der Waals surface area contributed by atoms with E-state index in [4.69, 9.17) is 10.6 Å². The van der Waals surface area contributed by atoms with Crippen LogP contribution in [-0.2, 0) is 11.2 Å². The largest absolute Gasteiger partial charge is 0.491 e. The summed E-state index contributed by atoms with van der Waals surface area (Å²) in [7, 11) is 0. The zero-order valence-electron chi connectivity index (χ0n) is 14.2. The maximum Gasteiger partial charge on any atom is 0.234 e. The van der Waals surface area contributed by atoms with Gasteiger partial charge in [-0.05, 0) is 44.5 Å². The first-order valence-corrected chi connectivity index (χ1v) is 8.87. The topological polar surface area (TPSA) is 95.1 Å². The molecular weight excluding hydrogens is 326 g/mol. The van der Waals surface area contributed by atoms with Crippen LogP contribution in [0, 0.1) is 0 Å². The van der Waals surface area contributed by atoms with Crippen molar-refractivity contribution in [2.24, 2.45) is 0 Å². The molecule has 0 aliphatic rings. The fourth-order valence-corrected chi connectivity index (χ4v) is 2.69. The number of nitrogens with zero attached hydrogens (tertiary/aromatic N) is 3. The smallest absolute Gasteiger partial charge is 0.234 e. The van der Waals surface area contributed by atoms with Gasteiger partial charge < -0.3 is 15.9 Å². The Balaban J connectivity index is 1.85. The Kier molecular flexibility index (Phi) is 6.48. The van der Waals surface area contributed by atoms with Gasteiger partial charge in [-0.15, -0.1) is 10.2 Å². The van der Waals surface area contributed by atoms with Gasteiger partial charge in [-0.1, -0.05) is 18.7 Å². The molecule has 0 aliphatic heterocycles. The number of hydrogen-bond donors (Lipinski definition) is 2. The zero-order valence-corrected chi connectivity index (χ0v) is 15.0. The fourth-order valence-electron chi connectivity index (χ4n) is 2.02. The number of aryl methyl sites for hydroxylation is 1. The lowest BCUT2D eigenvalue weighted by Crippen LogP contribution is -2.17. The van der Waals surface area contributed by atoms with Crippen LogP contribution < -0.4 is 15.9 Å². The number of carbonyl (C=O) groups excluding carboxylic acids is 1. The number of ether oxygens (including phenoxy) is 1. The van der Waals surface area contributed by atoms with Crippen molar-refractivity contribution >= 4 is 23.4 Å². The molecule has 0 radical (unpaired) electrons. The standard InChI is InChI=1S/C16H23N5O2S/c1-4-5-14-19-20-16(21(14)17)24-10-15(22)18-12-6-8-13(9-7-12)23-11(2)3/h6-9,11H,4-5,10,17H2,1-3H3,(H,18,22). The molecule has 1 aromatic heterocycles. The van der Waals surface area contributed by atoms with E-state index in [1.807, 2.05) is 45.0 Å². The van der Waals surface area contributed by atoms with E-state index in [2.05, 4.69) is 15.5 Å². The number of benzene rings is 1. The summed E-state index contributed by atoms with van der Waals surface area (Å²) in [6.07, 6.45) is 1.82. The number of nitrogen functional groups attached to an aromatic ring is 1. The maximum absolute atomic E-state index is 12.0. The van der Waals surface area contributed by atoms with E-state index in [-0.39, 0.29) is 17.8 Å². The molecule has 0 fully saturated rings. The molecule has 24 heavy (non-hydrogen) atoms. The van der Waals surface area contributed by atoms with E-state index < -0.39 is 0 Å². The molecule has 7 nitrogen and oxygen atoms in total. The van der Waals surface area contributed by atoms with Gasteiger partial charge in [0.05, 0.1) is 11.9 Å². The number of anilines is 1. The number of nitrogens with one attached hydrogen (secondary N) is 1. The summed E-state index contributed by atoms with van der Waals surface area (Å²) in [5.41, 5.74) is 0.720. The molecule has 1 heterocycles. The molecule has 0 spiro atoms. The molecule has 2 aromatic rings. The number of thioether (sulfide) groups is 1. The number of amides is 1. The summed E-state index contributed by atoms with van der Waals surface area (Å²) >= 11 is 1.26. The van der Waals surface area contributed by atoms with Crippen LogP contribution >= 0.6 is 11.8 Å². The van der Waals surface area contributed by atoms with Crippen molar-refractivity contribution in [2.45, 2.75) is 44.9 Å². The summed E-state index contributed by atoms with van der Waals surface area (Å²) < 4.78 is 7.01. The summed E-state index contributed by atoms with van der Waals surface area (Å²) in [6.45, 7) is 5.98. The van der Waals surface area contributed by atoms with Crippen LogP contribution in [0.3, 0.4) is 0 Å². The SMILES string of the molecule is CCCc1nnc(SCC(=O)Nc2ccc(OC(C)C)cc2)n1N. The van der Waals surface area contributed by atoms with Gasteiger partial charge in [-0.25, -0.2) is 4.68 Å². The van der Waals surface area contributed by atoms with Gasteiger partial charge in [-0.3, -0.25) is 4.79 Å². The minimum Gasteiger partial charge on any atom is -0.491 e. The molecule has 8 heteroatoms. The predicted molar refractivity (Wildman–Crippen MR) is 95.7 cm³/mol. The first-order valence-electron chi connectivity index (χ1n) is 7.88. The molecular formula is C16H23N5O2S. The summed E-state index contributed by atoms with van der Waals surface area (Å²) in [6, 6.07) is 7.28. The van der Waals surface area contributed by atoms with Crippen molar-refractivity contribution in [3.8, 4) is 5.75 Å². The van der Waals surface area contributed by atoms with Crippen molar-refractivity contribution in [3.63, 3.8) is 0 Å². The minimum absolute atomic E-state index is 0.119. The normalized spacial score (nSPS) is 10.8. The fraction of sp³-hybridized carbons (Fsp3) is 0.438. The van der Waals surface area contributed by atoms with Crippen molar-refractivity contribution in [1.29, 1.82) is 0 Å². The number of rotatable bonds is 8. The second kappa shape index (κ2) is 8.58. The van der Waals surface area contributed by atoms with Gasteiger partial charge in [0.2, 0.25) is 11.1 Å². The Labute approximate surface area is 145 Å². The highest BCUT2D eigenvalue weighted by Crippen LogP contribution is 2.18. The van der Waals surface area contributed by atoms with Crippen LogP contribution in [0.5, 0.6) is 5.75 Å². The Morgan fingerprint density at radius 3 is 2.67 bits per heavy atom. The second-order valence-electron chi connectivity index (χ2n) is 5.55. The molecule has 0 aliphatic carbocycles. The van der Waals surface area contributed by atoms with E-state index >= 15 is 0 Å². The molecule has 130 valence electrons. The van der Waals surface area contributed by atoms with E-state index in [1.54, 1.807) is 0 Å². The summed E-state index contributed by atoms with van der Waals surface area (Å²) in [5, 5.41) is 11.4. The quantitative estimate of drug-likeness (QED) is 0.561. The molecule has 1 aromatic carbocycles. The number of hydrogen-bond acceptors (Lipinski definition) is 6. The first-order chi connectivity index (χ1) is 11.5. The number of nitrogens with two attached hydrogens (primary N) is 1. The van der Waals surface area contributed by atoms with Crippen molar-refractivity contribution < 1.29 is 9.53 Å². The lowest BCUT2D eigenvalue weighted by molar-refractivity contribution is -0.113. The van der Waals surface area contributed by atoms with Crippen molar-refractivity contribution in [1.82, 2.24) is 14.9 Å². The number of aromatic nitrogens is 3. The molecule has 0 bridgehead atoms. The Morgan fingerprint density at radius 1 is 1.33 bits per heavy atom. The van der Waals surface area contributed by atoms with Crippen LogP contribution in [0.2, 0.25) is 0 Å². The van der Waals surface area contributed by atoms with Crippen molar-refractivity contribution in [3.05, 3.63) is 30.1 Å². The molecule has 0 unspecified atom stereocenters. The van der Waals surface area contributed by atoms with Crippen LogP contribution in [0.4, 0.5) is 5.69 Å². The van der Waals surface area contributed by atoms with Gasteiger partial charge in [0.15, 0.2) is 5.82 Å². The predicted octanol–water partition coefficient (Wildman–Crippen LogP) is 2.46. The van der Waals surface area contributed by atoms with Gasteiger partial charge >= 0.3 is 0 Å². The monoisotopic (exact) mass is 349 g/mol. The van der Waals surface area contributed by atoms with Gasteiger partial charge in [-0.2, -0.15) is 0 Å². The molecule has 3 N–H and O–H groups in total. The Hall–Kier alpha value is -2.22.